The smallest absolute Gasteiger partial charge is 0.258 e. The molecule has 0 saturated heterocycles. The van der Waals surface area contributed by atoms with Crippen molar-refractivity contribution < 1.29 is 23.5 Å². The van der Waals surface area contributed by atoms with Gasteiger partial charge in [0, 0.05) is 11.1 Å². The van der Waals surface area contributed by atoms with Crippen LogP contribution in [0.2, 0.25) is 0 Å². The van der Waals surface area contributed by atoms with E-state index in [1.54, 1.807) is 33.5 Å². The molecule has 0 aliphatic rings. The lowest BCUT2D eigenvalue weighted by Crippen LogP contribution is -1.99. The Morgan fingerprint density at radius 1 is 0.750 bits per heavy atom. The van der Waals surface area contributed by atoms with E-state index < -0.39 is 0 Å². The van der Waals surface area contributed by atoms with Gasteiger partial charge in [-0.3, -0.25) is 0 Å². The molecule has 0 unspecified atom stereocenters. The summed E-state index contributed by atoms with van der Waals surface area (Å²) in [5.74, 6) is 3.26. The molecule has 32 heavy (non-hydrogen) atoms. The molecule has 0 bridgehead atoms. The summed E-state index contributed by atoms with van der Waals surface area (Å²) in [5, 5.41) is 4.12. The van der Waals surface area contributed by atoms with Crippen LogP contribution in [0.5, 0.6) is 23.0 Å². The minimum Gasteiger partial charge on any atom is -0.493 e. The first-order valence-corrected chi connectivity index (χ1v) is 10.0. The van der Waals surface area contributed by atoms with Crippen LogP contribution in [0.1, 0.15) is 11.1 Å². The third-order valence-electron chi connectivity index (χ3n) is 5.12. The van der Waals surface area contributed by atoms with E-state index in [0.29, 0.717) is 41.3 Å². The maximum absolute atomic E-state index is 5.99. The lowest BCUT2D eigenvalue weighted by molar-refractivity contribution is 0.284. The molecule has 0 spiro atoms. The zero-order chi connectivity index (χ0) is 22.5. The molecule has 0 amide bonds. The van der Waals surface area contributed by atoms with Crippen LogP contribution in [0.15, 0.2) is 65.2 Å². The molecule has 1 aromatic heterocycles. The number of hydrogen-bond donors (Lipinski definition) is 0. The quantitative estimate of drug-likeness (QED) is 0.373. The SMILES string of the molecule is COc1ccc(-c2nc(-c3ccc(OCc4ccccc4C)c(OC)c3)no2)cc1OC. The average Bonchev–Trinajstić information content (AvgIpc) is 3.33. The second-order valence-electron chi connectivity index (χ2n) is 7.07. The number of ether oxygens (including phenoxy) is 4. The summed E-state index contributed by atoms with van der Waals surface area (Å²) in [5.41, 5.74) is 3.78. The van der Waals surface area contributed by atoms with Crippen LogP contribution in [-0.2, 0) is 6.61 Å². The summed E-state index contributed by atoms with van der Waals surface area (Å²) in [6.45, 7) is 2.51. The Hall–Kier alpha value is -4.00. The van der Waals surface area contributed by atoms with Gasteiger partial charge in [0.25, 0.3) is 5.89 Å². The van der Waals surface area contributed by atoms with Crippen molar-refractivity contribution in [3.05, 3.63) is 71.8 Å². The molecule has 0 saturated carbocycles. The highest BCUT2D eigenvalue weighted by Crippen LogP contribution is 2.35. The number of benzene rings is 3. The van der Waals surface area contributed by atoms with Gasteiger partial charge in [0.2, 0.25) is 5.82 Å². The fourth-order valence-corrected chi connectivity index (χ4v) is 3.28. The zero-order valence-corrected chi connectivity index (χ0v) is 18.4. The summed E-state index contributed by atoms with van der Waals surface area (Å²) in [4.78, 5) is 4.52. The van der Waals surface area contributed by atoms with Gasteiger partial charge < -0.3 is 23.5 Å². The van der Waals surface area contributed by atoms with E-state index in [-0.39, 0.29) is 0 Å². The van der Waals surface area contributed by atoms with Crippen molar-refractivity contribution in [3.63, 3.8) is 0 Å². The first-order chi connectivity index (χ1) is 15.6. The average molecular weight is 432 g/mol. The van der Waals surface area contributed by atoms with Crippen LogP contribution in [0.4, 0.5) is 0 Å². The Morgan fingerprint density at radius 3 is 2.16 bits per heavy atom. The highest BCUT2D eigenvalue weighted by Gasteiger charge is 2.15. The zero-order valence-electron chi connectivity index (χ0n) is 18.4. The van der Waals surface area contributed by atoms with Crippen molar-refractivity contribution in [1.29, 1.82) is 0 Å². The predicted octanol–water partition coefficient (Wildman–Crippen LogP) is 5.32. The number of rotatable bonds is 8. The Bertz CT molecular complexity index is 1220. The molecule has 0 radical (unpaired) electrons. The molecule has 0 fully saturated rings. The Labute approximate surface area is 186 Å². The standard InChI is InChI=1S/C25H24N2O5/c1-16-7-5-6-8-19(16)15-31-21-12-9-17(13-23(21)30-4)24-26-25(32-27-24)18-10-11-20(28-2)22(14-18)29-3/h5-14H,15H2,1-4H3. The molecule has 0 aliphatic carbocycles. The maximum Gasteiger partial charge on any atom is 0.258 e. The summed E-state index contributed by atoms with van der Waals surface area (Å²) >= 11 is 0. The Kier molecular flexibility index (Phi) is 6.26. The van der Waals surface area contributed by atoms with E-state index in [0.717, 1.165) is 16.7 Å². The minimum atomic E-state index is 0.375. The van der Waals surface area contributed by atoms with Crippen LogP contribution in [0, 0.1) is 6.92 Å². The molecule has 7 nitrogen and oxygen atoms in total. The van der Waals surface area contributed by atoms with E-state index in [9.17, 15) is 0 Å². The van der Waals surface area contributed by atoms with E-state index in [4.69, 9.17) is 23.5 Å². The highest BCUT2D eigenvalue weighted by atomic mass is 16.5. The van der Waals surface area contributed by atoms with Crippen LogP contribution in [-0.4, -0.2) is 31.5 Å². The van der Waals surface area contributed by atoms with Crippen LogP contribution >= 0.6 is 0 Å². The van der Waals surface area contributed by atoms with Gasteiger partial charge in [-0.05, 0) is 54.4 Å². The molecule has 7 heteroatoms. The third-order valence-corrected chi connectivity index (χ3v) is 5.12. The molecular formula is C25H24N2O5. The van der Waals surface area contributed by atoms with E-state index >= 15 is 0 Å². The van der Waals surface area contributed by atoms with Gasteiger partial charge in [-0.25, -0.2) is 0 Å². The number of hydrogen-bond acceptors (Lipinski definition) is 7. The fraction of sp³-hybridized carbons (Fsp3) is 0.200. The van der Waals surface area contributed by atoms with Crippen molar-refractivity contribution in [1.82, 2.24) is 10.1 Å². The first-order valence-electron chi connectivity index (χ1n) is 10.0. The third kappa shape index (κ3) is 4.37. The monoisotopic (exact) mass is 432 g/mol. The second-order valence-corrected chi connectivity index (χ2v) is 7.07. The fourth-order valence-electron chi connectivity index (χ4n) is 3.28. The predicted molar refractivity (Wildman–Crippen MR) is 120 cm³/mol. The molecule has 4 aromatic rings. The molecule has 3 aromatic carbocycles. The van der Waals surface area contributed by atoms with Crippen LogP contribution in [0.25, 0.3) is 22.8 Å². The summed E-state index contributed by atoms with van der Waals surface area (Å²) < 4.78 is 27.6. The summed E-state index contributed by atoms with van der Waals surface area (Å²) in [6, 6.07) is 19.1. The summed E-state index contributed by atoms with van der Waals surface area (Å²) in [6.07, 6.45) is 0. The molecule has 4 rings (SSSR count). The van der Waals surface area contributed by atoms with Gasteiger partial charge in [-0.1, -0.05) is 29.4 Å². The molecule has 0 aliphatic heterocycles. The molecule has 1 heterocycles. The Morgan fingerprint density at radius 2 is 1.41 bits per heavy atom. The van der Waals surface area contributed by atoms with Gasteiger partial charge in [-0.15, -0.1) is 0 Å². The van der Waals surface area contributed by atoms with Crippen molar-refractivity contribution in [2.45, 2.75) is 13.5 Å². The van der Waals surface area contributed by atoms with Crippen molar-refractivity contribution in [2.75, 3.05) is 21.3 Å². The number of nitrogens with zero attached hydrogens (tertiary/aromatic N) is 2. The van der Waals surface area contributed by atoms with Crippen LogP contribution < -0.4 is 18.9 Å². The molecular weight excluding hydrogens is 408 g/mol. The van der Waals surface area contributed by atoms with E-state index in [1.165, 1.54) is 5.56 Å². The van der Waals surface area contributed by atoms with Gasteiger partial charge in [-0.2, -0.15) is 4.98 Å². The topological polar surface area (TPSA) is 75.8 Å². The second kappa shape index (κ2) is 9.43. The van der Waals surface area contributed by atoms with Gasteiger partial charge >= 0.3 is 0 Å². The first kappa shape index (κ1) is 21.2. The Balaban J connectivity index is 1.56. The van der Waals surface area contributed by atoms with Crippen molar-refractivity contribution in [2.24, 2.45) is 0 Å². The molecule has 164 valence electrons. The van der Waals surface area contributed by atoms with E-state index in [1.807, 2.05) is 42.5 Å². The number of aryl methyl sites for hydroxylation is 1. The maximum atomic E-state index is 5.99. The van der Waals surface area contributed by atoms with Gasteiger partial charge in [0.1, 0.15) is 6.61 Å². The van der Waals surface area contributed by atoms with Crippen molar-refractivity contribution in [3.8, 4) is 45.8 Å². The van der Waals surface area contributed by atoms with Gasteiger partial charge in [0.05, 0.1) is 21.3 Å². The highest BCUT2D eigenvalue weighted by molar-refractivity contribution is 5.65. The normalized spacial score (nSPS) is 10.6. The molecule has 0 N–H and O–H groups in total. The lowest BCUT2D eigenvalue weighted by atomic mass is 10.1. The number of methoxy groups -OCH3 is 3. The number of aromatic nitrogens is 2. The van der Waals surface area contributed by atoms with Crippen LogP contribution in [0.3, 0.4) is 0 Å². The molecule has 0 atom stereocenters. The van der Waals surface area contributed by atoms with E-state index in [2.05, 4.69) is 23.1 Å². The van der Waals surface area contributed by atoms with Gasteiger partial charge in [0.15, 0.2) is 23.0 Å². The lowest BCUT2D eigenvalue weighted by Gasteiger charge is -2.12. The van der Waals surface area contributed by atoms with Crippen molar-refractivity contribution >= 4 is 0 Å². The minimum absolute atomic E-state index is 0.375. The summed E-state index contributed by atoms with van der Waals surface area (Å²) in [7, 11) is 4.77. The largest absolute Gasteiger partial charge is 0.493 e.